The molecule has 12 heavy (non-hydrogen) atoms. The fourth-order valence-electron chi connectivity index (χ4n) is 1.12. The Labute approximate surface area is 74.8 Å². The lowest BCUT2D eigenvalue weighted by Crippen LogP contribution is -2.13. The Morgan fingerprint density at radius 3 is 2.42 bits per heavy atom. The molecule has 0 saturated heterocycles. The van der Waals surface area contributed by atoms with Crippen LogP contribution in [0, 0.1) is 6.92 Å². The summed E-state index contributed by atoms with van der Waals surface area (Å²) >= 11 is 0. The summed E-state index contributed by atoms with van der Waals surface area (Å²) in [5, 5.41) is 3.37. The summed E-state index contributed by atoms with van der Waals surface area (Å²) in [5.74, 6) is 0. The van der Waals surface area contributed by atoms with Crippen LogP contribution in [0.15, 0.2) is 24.3 Å². The summed E-state index contributed by atoms with van der Waals surface area (Å²) in [5.41, 5.74) is 2.70. The molecule has 0 amide bonds. The number of rotatable bonds is 4. The molecule has 0 heterocycles. The molecule has 1 rings (SSSR count). The monoisotopic (exact) mass is 163 g/mol. The van der Waals surface area contributed by atoms with Gasteiger partial charge in [-0.3, -0.25) is 0 Å². The smallest absolute Gasteiger partial charge is 0.0205 e. The van der Waals surface area contributed by atoms with E-state index in [1.165, 1.54) is 17.5 Å². The van der Waals surface area contributed by atoms with E-state index in [4.69, 9.17) is 0 Å². The van der Waals surface area contributed by atoms with Gasteiger partial charge in [0, 0.05) is 6.54 Å². The highest BCUT2D eigenvalue weighted by atomic mass is 14.8. The van der Waals surface area contributed by atoms with Crippen molar-refractivity contribution in [1.82, 2.24) is 5.32 Å². The highest BCUT2D eigenvalue weighted by molar-refractivity contribution is 5.20. The molecule has 0 saturated carbocycles. The van der Waals surface area contributed by atoms with Crippen LogP contribution in [0.25, 0.3) is 0 Å². The molecule has 0 atom stereocenters. The van der Waals surface area contributed by atoms with E-state index in [1.54, 1.807) is 0 Å². The zero-order valence-corrected chi connectivity index (χ0v) is 7.93. The van der Waals surface area contributed by atoms with E-state index in [-0.39, 0.29) is 0 Å². The molecule has 1 N–H and O–H groups in total. The van der Waals surface area contributed by atoms with E-state index in [0.29, 0.717) is 0 Å². The van der Waals surface area contributed by atoms with Crippen molar-refractivity contribution >= 4 is 0 Å². The Kier molecular flexibility index (Phi) is 3.81. The molecule has 0 aliphatic carbocycles. The first-order valence-corrected chi connectivity index (χ1v) is 4.59. The Morgan fingerprint density at radius 2 is 1.83 bits per heavy atom. The lowest BCUT2D eigenvalue weighted by molar-refractivity contribution is 0.675. The highest BCUT2D eigenvalue weighted by Crippen LogP contribution is 2.01. The van der Waals surface area contributed by atoms with Gasteiger partial charge in [0.1, 0.15) is 0 Å². The SMILES string of the molecule is CCCNCc1ccc(C)cc1. The first kappa shape index (κ1) is 9.27. The average molecular weight is 163 g/mol. The van der Waals surface area contributed by atoms with Gasteiger partial charge in [-0.15, -0.1) is 0 Å². The van der Waals surface area contributed by atoms with Gasteiger partial charge in [-0.1, -0.05) is 36.8 Å². The van der Waals surface area contributed by atoms with Crippen molar-refractivity contribution in [3.05, 3.63) is 35.4 Å². The van der Waals surface area contributed by atoms with Crippen molar-refractivity contribution in [2.75, 3.05) is 6.54 Å². The maximum atomic E-state index is 3.37. The Balaban J connectivity index is 2.37. The molecule has 1 heteroatoms. The molecule has 0 fully saturated rings. The van der Waals surface area contributed by atoms with E-state index < -0.39 is 0 Å². The van der Waals surface area contributed by atoms with Gasteiger partial charge in [0.25, 0.3) is 0 Å². The molecule has 0 aliphatic heterocycles. The van der Waals surface area contributed by atoms with E-state index in [0.717, 1.165) is 13.1 Å². The molecule has 0 radical (unpaired) electrons. The number of benzene rings is 1. The van der Waals surface area contributed by atoms with Gasteiger partial charge >= 0.3 is 0 Å². The minimum absolute atomic E-state index is 0.994. The molecular formula is C11H17N. The Hall–Kier alpha value is -0.820. The van der Waals surface area contributed by atoms with E-state index in [1.807, 2.05) is 0 Å². The fourth-order valence-corrected chi connectivity index (χ4v) is 1.12. The molecule has 0 spiro atoms. The predicted octanol–water partition coefficient (Wildman–Crippen LogP) is 2.49. The first-order chi connectivity index (χ1) is 5.83. The molecule has 0 bridgehead atoms. The maximum absolute atomic E-state index is 3.37. The Morgan fingerprint density at radius 1 is 1.17 bits per heavy atom. The molecule has 0 aromatic heterocycles. The van der Waals surface area contributed by atoms with Crippen molar-refractivity contribution in [1.29, 1.82) is 0 Å². The van der Waals surface area contributed by atoms with Gasteiger partial charge < -0.3 is 5.32 Å². The minimum Gasteiger partial charge on any atom is -0.313 e. The summed E-state index contributed by atoms with van der Waals surface area (Å²) in [6.07, 6.45) is 1.20. The lowest BCUT2D eigenvalue weighted by Gasteiger charge is -2.02. The third-order valence-electron chi connectivity index (χ3n) is 1.88. The summed E-state index contributed by atoms with van der Waals surface area (Å²) in [7, 11) is 0. The largest absolute Gasteiger partial charge is 0.313 e. The number of nitrogens with one attached hydrogen (secondary N) is 1. The molecule has 1 aromatic rings. The minimum atomic E-state index is 0.994. The molecule has 1 aromatic carbocycles. The van der Waals surface area contributed by atoms with Crippen molar-refractivity contribution < 1.29 is 0 Å². The zero-order chi connectivity index (χ0) is 8.81. The van der Waals surface area contributed by atoms with Crippen LogP contribution < -0.4 is 5.32 Å². The van der Waals surface area contributed by atoms with Crippen molar-refractivity contribution in [3.8, 4) is 0 Å². The standard InChI is InChI=1S/C11H17N/c1-3-8-12-9-11-6-4-10(2)5-7-11/h4-7,12H,3,8-9H2,1-2H3. The van der Waals surface area contributed by atoms with Gasteiger partial charge in [-0.2, -0.15) is 0 Å². The Bertz CT molecular complexity index is 213. The van der Waals surface area contributed by atoms with Crippen LogP contribution in [-0.2, 0) is 6.54 Å². The van der Waals surface area contributed by atoms with Gasteiger partial charge in [-0.05, 0) is 25.5 Å². The van der Waals surface area contributed by atoms with Crippen molar-refractivity contribution in [3.63, 3.8) is 0 Å². The van der Waals surface area contributed by atoms with Crippen LogP contribution in [0.1, 0.15) is 24.5 Å². The first-order valence-electron chi connectivity index (χ1n) is 4.59. The van der Waals surface area contributed by atoms with E-state index >= 15 is 0 Å². The second-order valence-corrected chi connectivity index (χ2v) is 3.16. The second kappa shape index (κ2) is 4.94. The topological polar surface area (TPSA) is 12.0 Å². The van der Waals surface area contributed by atoms with Gasteiger partial charge in [0.15, 0.2) is 0 Å². The van der Waals surface area contributed by atoms with Gasteiger partial charge in [0.05, 0.1) is 0 Å². The third-order valence-corrected chi connectivity index (χ3v) is 1.88. The van der Waals surface area contributed by atoms with Crippen LogP contribution in [0.2, 0.25) is 0 Å². The normalized spacial score (nSPS) is 10.2. The fraction of sp³-hybridized carbons (Fsp3) is 0.455. The lowest BCUT2D eigenvalue weighted by atomic mass is 10.1. The summed E-state index contributed by atoms with van der Waals surface area (Å²) in [6.45, 7) is 6.40. The van der Waals surface area contributed by atoms with E-state index in [2.05, 4.69) is 43.4 Å². The van der Waals surface area contributed by atoms with E-state index in [9.17, 15) is 0 Å². The summed E-state index contributed by atoms with van der Waals surface area (Å²) < 4.78 is 0. The number of hydrogen-bond donors (Lipinski definition) is 1. The highest BCUT2D eigenvalue weighted by Gasteiger charge is 1.90. The second-order valence-electron chi connectivity index (χ2n) is 3.16. The van der Waals surface area contributed by atoms with Crippen LogP contribution in [0.3, 0.4) is 0 Å². The van der Waals surface area contributed by atoms with Crippen molar-refractivity contribution in [2.45, 2.75) is 26.8 Å². The quantitative estimate of drug-likeness (QED) is 0.672. The molecule has 66 valence electrons. The molecule has 0 aliphatic rings. The van der Waals surface area contributed by atoms with Crippen LogP contribution in [0.4, 0.5) is 0 Å². The van der Waals surface area contributed by atoms with Crippen LogP contribution in [-0.4, -0.2) is 6.54 Å². The average Bonchev–Trinajstić information content (AvgIpc) is 2.09. The number of aryl methyl sites for hydroxylation is 1. The van der Waals surface area contributed by atoms with Crippen LogP contribution in [0.5, 0.6) is 0 Å². The maximum Gasteiger partial charge on any atom is 0.0205 e. The molecule has 1 nitrogen and oxygen atoms in total. The van der Waals surface area contributed by atoms with Crippen LogP contribution >= 0.6 is 0 Å². The summed E-state index contributed by atoms with van der Waals surface area (Å²) in [6, 6.07) is 8.67. The third kappa shape index (κ3) is 3.05. The van der Waals surface area contributed by atoms with Gasteiger partial charge in [-0.25, -0.2) is 0 Å². The van der Waals surface area contributed by atoms with Crippen molar-refractivity contribution in [2.24, 2.45) is 0 Å². The molecule has 0 unspecified atom stereocenters. The van der Waals surface area contributed by atoms with Gasteiger partial charge in [0.2, 0.25) is 0 Å². The summed E-state index contributed by atoms with van der Waals surface area (Å²) in [4.78, 5) is 0. The number of hydrogen-bond acceptors (Lipinski definition) is 1. The zero-order valence-electron chi connectivity index (χ0n) is 7.93. The molecular weight excluding hydrogens is 146 g/mol. The predicted molar refractivity (Wildman–Crippen MR) is 53.2 cm³/mol.